The number of amides is 2. The molecule has 29 heavy (non-hydrogen) atoms. The standard InChI is InChI=1S/C20H26N4O4S/c21-17(12-5-2-1-3-6-12)19(27)24-10-13(25)9-15(24)18(26)23-20-22-14(11-29-20)16-7-4-8-28-16/h4,7-8,11-13,15,17,25H,1-3,5-6,9-10,21H2,(H,22,23,26)/t13-,15-,17+/m0/s1. The quantitative estimate of drug-likeness (QED) is 0.684. The van der Waals surface area contributed by atoms with Crippen LogP contribution in [0.2, 0.25) is 0 Å². The third-order valence-electron chi connectivity index (χ3n) is 5.82. The topological polar surface area (TPSA) is 122 Å². The number of aliphatic hydroxyl groups is 1. The highest BCUT2D eigenvalue weighted by atomic mass is 32.1. The Balaban J connectivity index is 1.43. The normalized spacial score (nSPS) is 23.9. The van der Waals surface area contributed by atoms with E-state index in [4.69, 9.17) is 10.2 Å². The van der Waals surface area contributed by atoms with Gasteiger partial charge in [-0.2, -0.15) is 0 Å². The molecule has 8 nitrogen and oxygen atoms in total. The Morgan fingerprint density at radius 1 is 1.34 bits per heavy atom. The summed E-state index contributed by atoms with van der Waals surface area (Å²) in [4.78, 5) is 31.7. The monoisotopic (exact) mass is 418 g/mol. The molecule has 2 aliphatic rings. The number of nitrogens with two attached hydrogens (primary N) is 1. The van der Waals surface area contributed by atoms with Crippen LogP contribution in [0.3, 0.4) is 0 Å². The molecule has 0 radical (unpaired) electrons. The van der Waals surface area contributed by atoms with E-state index in [1.54, 1.807) is 23.8 Å². The van der Waals surface area contributed by atoms with E-state index in [0.29, 0.717) is 16.6 Å². The number of likely N-dealkylation sites (tertiary alicyclic amines) is 1. The van der Waals surface area contributed by atoms with Crippen LogP contribution in [0.1, 0.15) is 38.5 Å². The highest BCUT2D eigenvalue weighted by molar-refractivity contribution is 7.14. The van der Waals surface area contributed by atoms with Gasteiger partial charge in [0.1, 0.15) is 11.7 Å². The van der Waals surface area contributed by atoms with Gasteiger partial charge in [-0.15, -0.1) is 11.3 Å². The van der Waals surface area contributed by atoms with Crippen molar-refractivity contribution in [3.8, 4) is 11.5 Å². The minimum atomic E-state index is -0.747. The number of β-amino-alcohol motifs (C(OH)–C–C–N with tert-alkyl or cyclic N) is 1. The fraction of sp³-hybridized carbons (Fsp3) is 0.550. The van der Waals surface area contributed by atoms with Crippen molar-refractivity contribution < 1.29 is 19.1 Å². The molecule has 2 aromatic heterocycles. The summed E-state index contributed by atoms with van der Waals surface area (Å²) in [6.07, 6.45) is 6.25. The Kier molecular flexibility index (Phi) is 5.98. The number of carbonyl (C=O) groups is 2. The molecule has 1 saturated carbocycles. The number of aliphatic hydroxyl groups excluding tert-OH is 1. The molecule has 0 aromatic carbocycles. The summed E-state index contributed by atoms with van der Waals surface area (Å²) in [6, 6.07) is 2.19. The fourth-order valence-corrected chi connectivity index (χ4v) is 4.95. The summed E-state index contributed by atoms with van der Waals surface area (Å²) in [6.45, 7) is 0.132. The van der Waals surface area contributed by atoms with Crippen molar-refractivity contribution in [2.75, 3.05) is 11.9 Å². The lowest BCUT2D eigenvalue weighted by Gasteiger charge is -2.31. The number of furan rings is 1. The van der Waals surface area contributed by atoms with Crippen molar-refractivity contribution in [1.82, 2.24) is 9.88 Å². The molecule has 2 fully saturated rings. The summed E-state index contributed by atoms with van der Waals surface area (Å²) in [7, 11) is 0. The molecule has 4 N–H and O–H groups in total. The van der Waals surface area contributed by atoms with E-state index in [9.17, 15) is 14.7 Å². The van der Waals surface area contributed by atoms with E-state index in [1.807, 2.05) is 0 Å². The number of nitrogens with one attached hydrogen (secondary N) is 1. The number of aromatic nitrogens is 1. The second-order valence-corrected chi connectivity index (χ2v) is 8.68. The first kappa shape index (κ1) is 20.1. The predicted octanol–water partition coefficient (Wildman–Crippen LogP) is 2.21. The molecule has 1 aliphatic carbocycles. The maximum atomic E-state index is 13.0. The van der Waals surface area contributed by atoms with Crippen LogP contribution in [0, 0.1) is 5.92 Å². The van der Waals surface area contributed by atoms with Crippen molar-refractivity contribution >= 4 is 28.3 Å². The lowest BCUT2D eigenvalue weighted by molar-refractivity contribution is -0.139. The fourth-order valence-electron chi connectivity index (χ4n) is 4.25. The van der Waals surface area contributed by atoms with Crippen LogP contribution >= 0.6 is 11.3 Å². The molecule has 3 heterocycles. The number of hydrogen-bond donors (Lipinski definition) is 3. The van der Waals surface area contributed by atoms with Gasteiger partial charge >= 0.3 is 0 Å². The maximum absolute atomic E-state index is 13.0. The van der Waals surface area contributed by atoms with Crippen molar-refractivity contribution in [2.45, 2.75) is 56.7 Å². The summed E-state index contributed by atoms with van der Waals surface area (Å²) >= 11 is 1.28. The first-order valence-corrected chi connectivity index (χ1v) is 11.0. The largest absolute Gasteiger partial charge is 0.463 e. The SMILES string of the molecule is N[C@@H](C(=O)N1C[C@@H](O)C[C@H]1C(=O)Nc1nc(-c2ccco2)cs1)C1CCCCC1. The lowest BCUT2D eigenvalue weighted by atomic mass is 9.83. The Bertz CT molecular complexity index is 847. The molecule has 0 spiro atoms. The van der Waals surface area contributed by atoms with Crippen LogP contribution in [0.25, 0.3) is 11.5 Å². The Hall–Kier alpha value is -2.23. The van der Waals surface area contributed by atoms with Gasteiger partial charge in [-0.3, -0.25) is 9.59 Å². The highest BCUT2D eigenvalue weighted by Crippen LogP contribution is 2.29. The minimum absolute atomic E-state index is 0.132. The number of carbonyl (C=O) groups excluding carboxylic acids is 2. The van der Waals surface area contributed by atoms with E-state index >= 15 is 0 Å². The zero-order chi connectivity index (χ0) is 20.4. The van der Waals surface area contributed by atoms with Gasteiger partial charge in [0.25, 0.3) is 0 Å². The molecule has 0 unspecified atom stereocenters. The van der Waals surface area contributed by atoms with Crippen molar-refractivity contribution in [3.05, 3.63) is 23.8 Å². The molecule has 156 valence electrons. The molecule has 1 aliphatic heterocycles. The van der Waals surface area contributed by atoms with E-state index in [2.05, 4.69) is 10.3 Å². The number of thiazole rings is 1. The smallest absolute Gasteiger partial charge is 0.249 e. The van der Waals surface area contributed by atoms with E-state index in [0.717, 1.165) is 25.7 Å². The first-order valence-electron chi connectivity index (χ1n) is 10.1. The second kappa shape index (κ2) is 8.64. The van der Waals surface area contributed by atoms with Gasteiger partial charge in [-0.25, -0.2) is 4.98 Å². The Morgan fingerprint density at radius 3 is 2.86 bits per heavy atom. The van der Waals surface area contributed by atoms with Crippen LogP contribution in [0.5, 0.6) is 0 Å². The van der Waals surface area contributed by atoms with Crippen LogP contribution in [0.15, 0.2) is 28.2 Å². The summed E-state index contributed by atoms with van der Waals surface area (Å²) in [5.74, 6) is 0.163. The van der Waals surface area contributed by atoms with Gasteiger partial charge < -0.3 is 25.5 Å². The van der Waals surface area contributed by atoms with Crippen LogP contribution in [-0.4, -0.2) is 51.5 Å². The average molecular weight is 419 g/mol. The molecule has 2 aromatic rings. The summed E-state index contributed by atoms with van der Waals surface area (Å²) < 4.78 is 5.32. The van der Waals surface area contributed by atoms with Crippen molar-refractivity contribution in [3.63, 3.8) is 0 Å². The van der Waals surface area contributed by atoms with Crippen molar-refractivity contribution in [1.29, 1.82) is 0 Å². The number of nitrogens with zero attached hydrogens (tertiary/aromatic N) is 2. The Labute approximate surface area is 173 Å². The molecule has 3 atom stereocenters. The summed E-state index contributed by atoms with van der Waals surface area (Å²) in [5.41, 5.74) is 6.90. The molecule has 2 amide bonds. The first-order chi connectivity index (χ1) is 14.0. The Morgan fingerprint density at radius 2 is 2.14 bits per heavy atom. The molecule has 0 bridgehead atoms. The van der Waals surface area contributed by atoms with Crippen LogP contribution < -0.4 is 11.1 Å². The van der Waals surface area contributed by atoms with Gasteiger partial charge in [0, 0.05) is 18.3 Å². The zero-order valence-corrected chi connectivity index (χ0v) is 16.9. The third kappa shape index (κ3) is 4.36. The van der Waals surface area contributed by atoms with Crippen molar-refractivity contribution in [2.24, 2.45) is 11.7 Å². The summed E-state index contributed by atoms with van der Waals surface area (Å²) in [5, 5.41) is 15.1. The van der Waals surface area contributed by atoms with Gasteiger partial charge in [0.2, 0.25) is 11.8 Å². The van der Waals surface area contributed by atoms with Crippen LogP contribution in [-0.2, 0) is 9.59 Å². The van der Waals surface area contributed by atoms with Gasteiger partial charge in [0.05, 0.1) is 18.4 Å². The average Bonchev–Trinajstić information content (AvgIpc) is 3.48. The van der Waals surface area contributed by atoms with Gasteiger partial charge in [0.15, 0.2) is 10.9 Å². The molecule has 4 rings (SSSR count). The molecular weight excluding hydrogens is 392 g/mol. The predicted molar refractivity (Wildman–Crippen MR) is 109 cm³/mol. The van der Waals surface area contributed by atoms with Gasteiger partial charge in [-0.1, -0.05) is 19.3 Å². The number of anilines is 1. The zero-order valence-electron chi connectivity index (χ0n) is 16.1. The molecular formula is C20H26N4O4S. The van der Waals surface area contributed by atoms with E-state index < -0.39 is 18.2 Å². The number of hydrogen-bond acceptors (Lipinski definition) is 7. The van der Waals surface area contributed by atoms with E-state index in [1.165, 1.54) is 22.7 Å². The van der Waals surface area contributed by atoms with Crippen LogP contribution in [0.4, 0.5) is 5.13 Å². The van der Waals surface area contributed by atoms with Gasteiger partial charge in [-0.05, 0) is 30.9 Å². The number of rotatable bonds is 5. The van der Waals surface area contributed by atoms with E-state index in [-0.39, 0.29) is 30.7 Å². The minimum Gasteiger partial charge on any atom is -0.463 e. The third-order valence-corrected chi connectivity index (χ3v) is 6.57. The molecule has 1 saturated heterocycles. The second-order valence-electron chi connectivity index (χ2n) is 7.82. The maximum Gasteiger partial charge on any atom is 0.249 e. The highest BCUT2D eigenvalue weighted by Gasteiger charge is 2.42. The lowest BCUT2D eigenvalue weighted by Crippen LogP contribution is -2.52. The molecule has 9 heteroatoms.